The summed E-state index contributed by atoms with van der Waals surface area (Å²) in [5, 5.41) is 35.8. The van der Waals surface area contributed by atoms with Crippen LogP contribution in [0.2, 0.25) is 0 Å². The number of aromatic hydroxyl groups is 2. The number of nitrogens with zero attached hydrogens (tertiary/aromatic N) is 3. The minimum absolute atomic E-state index is 0.00927. The Morgan fingerprint density at radius 1 is 1.29 bits per heavy atom. The second-order valence-corrected chi connectivity index (χ2v) is 11.5. The van der Waals surface area contributed by atoms with E-state index in [1.807, 2.05) is 0 Å². The third-order valence-corrected chi connectivity index (χ3v) is 9.10. The highest BCUT2D eigenvalue weighted by atomic mass is 35.5. The largest absolute Gasteiger partial charge is 0.504 e. The van der Waals surface area contributed by atoms with Gasteiger partial charge in [-0.2, -0.15) is 0 Å². The first kappa shape index (κ1) is 30.7. The van der Waals surface area contributed by atoms with Gasteiger partial charge in [-0.25, -0.2) is 4.98 Å². The number of aromatic nitrogens is 1. The van der Waals surface area contributed by atoms with Crippen LogP contribution >= 0.6 is 34.7 Å². The first-order valence-electron chi connectivity index (χ1n) is 12.0. The van der Waals surface area contributed by atoms with E-state index in [9.17, 15) is 39.3 Å². The number of nitrogens with one attached hydrogen (secondary N) is 3. The van der Waals surface area contributed by atoms with Gasteiger partial charge in [-0.3, -0.25) is 34.8 Å². The molecule has 2 aromatic rings. The summed E-state index contributed by atoms with van der Waals surface area (Å²) in [6.07, 6.45) is -1.34. The van der Waals surface area contributed by atoms with E-state index < -0.39 is 64.0 Å². The number of nitrogens with two attached hydrogens (primary N) is 1. The molecule has 4 rings (SSSR count). The second-order valence-electron chi connectivity index (χ2n) is 9.24. The lowest BCUT2D eigenvalue weighted by Crippen LogP contribution is -2.74. The van der Waals surface area contributed by atoms with Gasteiger partial charge < -0.3 is 36.1 Å². The fourth-order valence-corrected chi connectivity index (χ4v) is 6.34. The van der Waals surface area contributed by atoms with Gasteiger partial charge in [0.05, 0.1) is 0 Å². The summed E-state index contributed by atoms with van der Waals surface area (Å²) in [6, 6.07) is 2.31. The van der Waals surface area contributed by atoms with Gasteiger partial charge >= 0.3 is 5.97 Å². The number of nitrogen functional groups attached to an aromatic ring is 1. The molecule has 2 fully saturated rings. The van der Waals surface area contributed by atoms with Crippen molar-refractivity contribution in [2.45, 2.75) is 24.4 Å². The maximum Gasteiger partial charge on any atom is 0.313 e. The summed E-state index contributed by atoms with van der Waals surface area (Å²) in [4.78, 5) is 72.9. The monoisotopic (exact) mass is 641 g/mol. The number of fused-ring (bicyclic) bond motifs is 1. The van der Waals surface area contributed by atoms with Gasteiger partial charge in [0.1, 0.15) is 22.5 Å². The number of carbonyl (C=O) groups excluding carboxylic acids is 4. The molecule has 42 heavy (non-hydrogen) atoms. The number of anilines is 1. The zero-order valence-corrected chi connectivity index (χ0v) is 24.0. The van der Waals surface area contributed by atoms with Gasteiger partial charge in [-0.05, 0) is 25.1 Å². The highest BCUT2D eigenvalue weighted by Crippen LogP contribution is 2.42. The lowest BCUT2D eigenvalue weighted by Gasteiger charge is -2.53. The van der Waals surface area contributed by atoms with Gasteiger partial charge in [0.2, 0.25) is 12.0 Å². The molecule has 2 saturated heterocycles. The van der Waals surface area contributed by atoms with Crippen molar-refractivity contribution in [3.05, 3.63) is 34.8 Å². The minimum Gasteiger partial charge on any atom is -0.504 e. The number of benzene rings is 1. The van der Waals surface area contributed by atoms with Crippen LogP contribution in [-0.2, 0) is 24.0 Å². The number of hydrazine groups is 1. The lowest BCUT2D eigenvalue weighted by atomic mass is 9.89. The number of phenolic OH excluding ortho intramolecular Hbond substituents is 2. The van der Waals surface area contributed by atoms with Crippen LogP contribution in [0.25, 0.3) is 0 Å². The number of carbonyl (C=O) groups is 5. The number of rotatable bonds is 9. The minimum atomic E-state index is -1.34. The normalized spacial score (nSPS) is 22.3. The predicted molar refractivity (Wildman–Crippen MR) is 150 cm³/mol. The molecule has 3 unspecified atom stereocenters. The Morgan fingerprint density at radius 3 is 2.64 bits per heavy atom. The van der Waals surface area contributed by atoms with Crippen LogP contribution < -0.4 is 21.9 Å². The van der Waals surface area contributed by atoms with Crippen LogP contribution in [0.4, 0.5) is 5.13 Å². The first-order valence-corrected chi connectivity index (χ1v) is 14.4. The summed E-state index contributed by atoms with van der Waals surface area (Å²) in [6.45, 7) is 1.18. The third kappa shape index (κ3) is 6.14. The van der Waals surface area contributed by atoms with Crippen LogP contribution in [0.3, 0.4) is 0 Å². The highest BCUT2D eigenvalue weighted by molar-refractivity contribution is 8.00. The number of amides is 4. The van der Waals surface area contributed by atoms with E-state index in [1.54, 1.807) is 0 Å². The Morgan fingerprint density at radius 2 is 2.02 bits per heavy atom. The van der Waals surface area contributed by atoms with E-state index in [0.29, 0.717) is 0 Å². The molecule has 4 amide bonds. The Hall–Kier alpha value is -4.29. The van der Waals surface area contributed by atoms with Crippen LogP contribution in [0, 0.1) is 5.41 Å². The summed E-state index contributed by atoms with van der Waals surface area (Å²) < 4.78 is 0. The molecule has 0 radical (unpaired) electrons. The lowest BCUT2D eigenvalue weighted by molar-refractivity contribution is -0.157. The number of phenols is 2. The third-order valence-electron chi connectivity index (χ3n) is 6.33. The number of oxime groups is 1. The number of hydrogen-bond acceptors (Lipinski definition) is 13. The number of β-lactam (4-membered cyclic amide) rings is 1. The van der Waals surface area contributed by atoms with Gasteiger partial charge in [0.15, 0.2) is 22.3 Å². The molecule has 8 N–H and O–H groups in total. The topological polar surface area (TPSA) is 246 Å². The average molecular weight is 642 g/mol. The molecular formula is C23H24ClN7O9S2. The van der Waals surface area contributed by atoms with E-state index in [-0.39, 0.29) is 40.3 Å². The van der Waals surface area contributed by atoms with E-state index in [0.717, 1.165) is 23.5 Å². The van der Waals surface area contributed by atoms with Gasteiger partial charge in [0, 0.05) is 29.1 Å². The molecule has 0 bridgehead atoms. The Kier molecular flexibility index (Phi) is 8.97. The number of carboxylic acids is 1. The number of thiazole rings is 1. The summed E-state index contributed by atoms with van der Waals surface area (Å²) in [5.41, 5.74) is 8.16. The molecule has 0 aliphatic carbocycles. The fraction of sp³-hybridized carbons (Fsp3) is 0.348. The molecule has 224 valence electrons. The molecule has 3 heterocycles. The smallest absolute Gasteiger partial charge is 0.313 e. The summed E-state index contributed by atoms with van der Waals surface area (Å²) >= 11 is 8.07. The summed E-state index contributed by atoms with van der Waals surface area (Å²) in [5.74, 6) is -5.16. The molecule has 2 aliphatic rings. The predicted octanol–water partition coefficient (Wildman–Crippen LogP) is -0.583. The molecule has 19 heteroatoms. The van der Waals surface area contributed by atoms with Crippen LogP contribution in [-0.4, -0.2) is 96.2 Å². The van der Waals surface area contributed by atoms with E-state index in [4.69, 9.17) is 22.2 Å². The van der Waals surface area contributed by atoms with Gasteiger partial charge in [0.25, 0.3) is 17.7 Å². The van der Waals surface area contributed by atoms with Crippen molar-refractivity contribution in [3.63, 3.8) is 0 Å². The zero-order chi connectivity index (χ0) is 30.8. The number of hydrogen-bond donors (Lipinski definition) is 7. The molecule has 1 aromatic carbocycles. The van der Waals surface area contributed by atoms with Crippen molar-refractivity contribution in [1.29, 1.82) is 0 Å². The summed E-state index contributed by atoms with van der Waals surface area (Å²) in [7, 11) is 0. The number of carboxylic acid groups (broad SMARTS) is 1. The van der Waals surface area contributed by atoms with Crippen molar-refractivity contribution in [3.8, 4) is 11.5 Å². The van der Waals surface area contributed by atoms with E-state index in [1.165, 1.54) is 35.0 Å². The van der Waals surface area contributed by atoms with Gasteiger partial charge in [-0.1, -0.05) is 5.16 Å². The Labute approximate surface area is 250 Å². The maximum absolute atomic E-state index is 13.2. The number of thioether (sulfide) groups is 1. The molecule has 0 spiro atoms. The molecular weight excluding hydrogens is 618 g/mol. The van der Waals surface area contributed by atoms with Crippen molar-refractivity contribution < 1.29 is 44.1 Å². The average Bonchev–Trinajstić information content (AvgIpc) is 3.40. The quantitative estimate of drug-likeness (QED) is 0.0597. The van der Waals surface area contributed by atoms with E-state index >= 15 is 0 Å². The molecule has 16 nitrogen and oxygen atoms in total. The van der Waals surface area contributed by atoms with Crippen LogP contribution in [0.1, 0.15) is 23.0 Å². The van der Waals surface area contributed by atoms with Crippen LogP contribution in [0.15, 0.2) is 28.7 Å². The molecule has 0 saturated carbocycles. The van der Waals surface area contributed by atoms with Crippen molar-refractivity contribution in [1.82, 2.24) is 26.1 Å². The van der Waals surface area contributed by atoms with Gasteiger partial charge in [-0.15, -0.1) is 34.7 Å². The Bertz CT molecular complexity index is 1470. The zero-order valence-electron chi connectivity index (χ0n) is 21.6. The number of halogens is 1. The molecule has 2 aliphatic heterocycles. The van der Waals surface area contributed by atoms with Crippen molar-refractivity contribution in [2.75, 3.05) is 23.9 Å². The fourth-order valence-electron chi connectivity index (χ4n) is 3.84. The SMILES string of the molecule is CC(ON=C(C(=O)NC1C(=O)N2CC(CCl)(C(=O)O)CS[C@H]12)c1csc(N)n1)C(=O)NNC(=O)c1ccc(O)c(O)c1. The second kappa shape index (κ2) is 12.3. The number of aliphatic carboxylic acids is 1. The Balaban J connectivity index is 1.40. The van der Waals surface area contributed by atoms with Crippen molar-refractivity contribution in [2.24, 2.45) is 10.6 Å². The standard InChI is InChI=1S/C23H24ClN7O9S2/c1-9(16(34)28-29-17(35)10-2-3-12(32)13(33)4-10)40-30-14(11-5-41-22(25)26-11)18(36)27-15-19(37)31-7-23(6-24,21(38)39)8-42-20(15)31/h2-5,9,15,20,32-33H,6-8H2,1H3,(H2,25,26)(H,27,36)(H,28,34)(H,29,35)(H,38,39)/t9?,15?,20-,23?/m1/s1. The number of alkyl halides is 1. The maximum atomic E-state index is 13.2. The first-order chi connectivity index (χ1) is 19.9. The van der Waals surface area contributed by atoms with Crippen molar-refractivity contribution >= 4 is 75.1 Å². The molecule has 4 atom stereocenters. The van der Waals surface area contributed by atoms with E-state index in [2.05, 4.69) is 26.3 Å². The molecule has 1 aromatic heterocycles. The highest BCUT2D eigenvalue weighted by Gasteiger charge is 2.57. The van der Waals surface area contributed by atoms with Crippen LogP contribution in [0.5, 0.6) is 11.5 Å².